The summed E-state index contributed by atoms with van der Waals surface area (Å²) in [4.78, 5) is 37.9. The zero-order valence-electron chi connectivity index (χ0n) is 21.4. The Balaban J connectivity index is 3.07. The molecule has 0 aliphatic carbocycles. The average Bonchev–Trinajstić information content (AvgIpc) is 2.98. The zero-order valence-corrected chi connectivity index (χ0v) is 22.4. The smallest absolute Gasteiger partial charge is 0.351 e. The van der Waals surface area contributed by atoms with Gasteiger partial charge in [-0.1, -0.05) is 59.4 Å². The number of rotatable bonds is 11. The van der Waals surface area contributed by atoms with E-state index in [0.717, 1.165) is 0 Å². The van der Waals surface area contributed by atoms with Crippen molar-refractivity contribution in [3.05, 3.63) is 59.8 Å². The van der Waals surface area contributed by atoms with Crippen LogP contribution in [0.5, 0.6) is 0 Å². The van der Waals surface area contributed by atoms with E-state index in [9.17, 15) is 14.4 Å². The number of carbonyl (C=O) groups is 3. The predicted molar refractivity (Wildman–Crippen MR) is 133 cm³/mol. The molecule has 1 aliphatic rings. The zero-order chi connectivity index (χ0) is 25.6. The van der Waals surface area contributed by atoms with Crippen LogP contribution in [0.1, 0.15) is 48.0 Å². The van der Waals surface area contributed by atoms with E-state index in [0.29, 0.717) is 5.76 Å². The van der Waals surface area contributed by atoms with Gasteiger partial charge >= 0.3 is 5.97 Å². The Labute approximate surface area is 199 Å². The molecule has 1 rings (SSSR count). The molecule has 2 atom stereocenters. The molecule has 0 bridgehead atoms. The Morgan fingerprint density at radius 1 is 1.15 bits per heavy atom. The van der Waals surface area contributed by atoms with E-state index in [2.05, 4.69) is 40.4 Å². The maximum Gasteiger partial charge on any atom is 0.351 e. The lowest BCUT2D eigenvalue weighted by Crippen LogP contribution is -2.40. The first-order valence-corrected chi connectivity index (χ1v) is 14.0. The summed E-state index contributed by atoms with van der Waals surface area (Å²) in [6.45, 7) is 19.6. The van der Waals surface area contributed by atoms with Crippen LogP contribution in [0.15, 0.2) is 59.8 Å². The van der Waals surface area contributed by atoms with Crippen LogP contribution >= 0.6 is 0 Å². The molecule has 0 aromatic rings. The van der Waals surface area contributed by atoms with Gasteiger partial charge in [0.2, 0.25) is 8.32 Å². The lowest BCUT2D eigenvalue weighted by Gasteiger charge is -2.36. The fraction of sp³-hybridized carbons (Fsp3) is 0.500. The molecule has 0 saturated carbocycles. The maximum absolute atomic E-state index is 13.0. The first-order chi connectivity index (χ1) is 15.2. The Morgan fingerprint density at radius 2 is 1.76 bits per heavy atom. The number of hydrogen-bond acceptors (Lipinski definition) is 6. The van der Waals surface area contributed by atoms with Gasteiger partial charge in [0.15, 0.2) is 23.1 Å². The van der Waals surface area contributed by atoms with Gasteiger partial charge < -0.3 is 13.9 Å². The maximum atomic E-state index is 13.0. The molecule has 182 valence electrons. The molecule has 1 aliphatic heterocycles. The molecule has 33 heavy (non-hydrogen) atoms. The number of esters is 1. The number of methoxy groups -OCH3 is 1. The van der Waals surface area contributed by atoms with E-state index in [1.54, 1.807) is 19.9 Å². The largest absolute Gasteiger partial charge is 0.543 e. The first kappa shape index (κ1) is 28.4. The second kappa shape index (κ2) is 11.5. The van der Waals surface area contributed by atoms with Crippen molar-refractivity contribution in [3.8, 4) is 0 Å². The standard InChI is InChI=1S/C26H38O6Si/c1-11-12-13-14-20(32-33(9,10)26(5,6)7)16-21(27)17(2)15-18(3)23(28)22-24(30-8)19(4)31-25(22)29/h11-14,16-18H,4,15H2,1-3,5-10H3/b12-11+,14-13+,20-16+/t17-,18+/m0/s1. The van der Waals surface area contributed by atoms with Crippen molar-refractivity contribution in [2.45, 2.75) is 66.1 Å². The quantitative estimate of drug-likeness (QED) is 0.0941. The lowest BCUT2D eigenvalue weighted by molar-refractivity contribution is -0.135. The van der Waals surface area contributed by atoms with Crippen molar-refractivity contribution < 1.29 is 28.3 Å². The SMILES string of the molecule is C=C1OC(=O)C(C(=O)[C@H](C)C[C@H](C)C(=O)\C=C(/C=C/C=C/C)O[Si](C)(C)C(C)(C)C)=C1OC. The molecule has 0 saturated heterocycles. The molecule has 0 radical (unpaired) electrons. The summed E-state index contributed by atoms with van der Waals surface area (Å²) < 4.78 is 16.4. The minimum Gasteiger partial charge on any atom is -0.543 e. The highest BCUT2D eigenvalue weighted by molar-refractivity contribution is 6.74. The lowest BCUT2D eigenvalue weighted by atomic mass is 9.88. The van der Waals surface area contributed by atoms with E-state index in [1.807, 2.05) is 25.2 Å². The molecular formula is C26H38O6Si. The van der Waals surface area contributed by atoms with Crippen LogP contribution < -0.4 is 0 Å². The number of allylic oxidation sites excluding steroid dienone is 5. The van der Waals surface area contributed by atoms with E-state index in [1.165, 1.54) is 13.2 Å². The van der Waals surface area contributed by atoms with Gasteiger partial charge in [0.25, 0.3) is 0 Å². The predicted octanol–water partition coefficient (Wildman–Crippen LogP) is 5.80. The van der Waals surface area contributed by atoms with E-state index in [4.69, 9.17) is 13.9 Å². The van der Waals surface area contributed by atoms with Gasteiger partial charge in [-0.15, -0.1) is 0 Å². The number of Topliss-reactive ketones (excluding diaryl/α,β-unsaturated/α-hetero) is 1. The molecule has 0 aromatic carbocycles. The molecule has 0 amide bonds. The van der Waals surface area contributed by atoms with Crippen molar-refractivity contribution in [3.63, 3.8) is 0 Å². The summed E-state index contributed by atoms with van der Waals surface area (Å²) >= 11 is 0. The molecule has 7 heteroatoms. The van der Waals surface area contributed by atoms with E-state index < -0.39 is 31.9 Å². The first-order valence-electron chi connectivity index (χ1n) is 11.1. The molecule has 0 N–H and O–H groups in total. The van der Waals surface area contributed by atoms with Gasteiger partial charge in [-0.25, -0.2) is 4.79 Å². The highest BCUT2D eigenvalue weighted by Crippen LogP contribution is 2.38. The number of cyclic esters (lactones) is 1. The minimum absolute atomic E-state index is 0.0189. The van der Waals surface area contributed by atoms with Crippen molar-refractivity contribution >= 4 is 25.9 Å². The minimum atomic E-state index is -2.15. The number of ether oxygens (including phenoxy) is 2. The molecular weight excluding hydrogens is 436 g/mol. The van der Waals surface area contributed by atoms with Crippen LogP contribution in [0, 0.1) is 11.8 Å². The van der Waals surface area contributed by atoms with Gasteiger partial charge in [-0.05, 0) is 37.6 Å². The van der Waals surface area contributed by atoms with E-state index >= 15 is 0 Å². The summed E-state index contributed by atoms with van der Waals surface area (Å²) in [5.41, 5.74) is -0.151. The topological polar surface area (TPSA) is 78.9 Å². The Bertz CT molecular complexity index is 912. The fourth-order valence-corrected chi connectivity index (χ4v) is 4.00. The van der Waals surface area contributed by atoms with Crippen LogP contribution in [-0.2, 0) is 28.3 Å². The third-order valence-corrected chi connectivity index (χ3v) is 10.4. The summed E-state index contributed by atoms with van der Waals surface area (Å²) in [7, 11) is -0.804. The third kappa shape index (κ3) is 7.42. The average molecular weight is 475 g/mol. The highest BCUT2D eigenvalue weighted by atomic mass is 28.4. The Kier molecular flexibility index (Phi) is 9.84. The van der Waals surface area contributed by atoms with Gasteiger partial charge in [-0.3, -0.25) is 9.59 Å². The van der Waals surface area contributed by atoms with Gasteiger partial charge in [0, 0.05) is 17.9 Å². The molecule has 0 spiro atoms. The van der Waals surface area contributed by atoms with Gasteiger partial charge in [0.05, 0.1) is 7.11 Å². The summed E-state index contributed by atoms with van der Waals surface area (Å²) in [5.74, 6) is -1.80. The van der Waals surface area contributed by atoms with Crippen molar-refractivity contribution in [1.29, 1.82) is 0 Å². The van der Waals surface area contributed by atoms with Crippen molar-refractivity contribution in [2.24, 2.45) is 11.8 Å². The molecule has 0 unspecified atom stereocenters. The molecule has 6 nitrogen and oxygen atoms in total. The summed E-state index contributed by atoms with van der Waals surface area (Å²) in [5, 5.41) is -0.0250. The highest BCUT2D eigenvalue weighted by Gasteiger charge is 2.40. The van der Waals surface area contributed by atoms with Crippen LogP contribution in [0.2, 0.25) is 18.1 Å². The Hall–Kier alpha value is -2.67. The van der Waals surface area contributed by atoms with Crippen LogP contribution in [-0.4, -0.2) is 33.0 Å². The molecule has 0 fully saturated rings. The second-order valence-corrected chi connectivity index (χ2v) is 14.5. The fourth-order valence-electron chi connectivity index (χ4n) is 2.97. The normalized spacial score (nSPS) is 17.5. The van der Waals surface area contributed by atoms with Crippen LogP contribution in [0.4, 0.5) is 0 Å². The molecule has 1 heterocycles. The second-order valence-electron chi connectivity index (χ2n) is 9.82. The van der Waals surface area contributed by atoms with Crippen LogP contribution in [0.3, 0.4) is 0 Å². The third-order valence-electron chi connectivity index (χ3n) is 6.02. The Morgan fingerprint density at radius 3 is 2.27 bits per heavy atom. The number of carbonyl (C=O) groups excluding carboxylic acids is 3. The van der Waals surface area contributed by atoms with Crippen LogP contribution in [0.25, 0.3) is 0 Å². The number of hydrogen-bond donors (Lipinski definition) is 0. The van der Waals surface area contributed by atoms with Crippen molar-refractivity contribution in [2.75, 3.05) is 7.11 Å². The number of ketones is 2. The summed E-state index contributed by atoms with van der Waals surface area (Å²) in [6.07, 6.45) is 9.15. The van der Waals surface area contributed by atoms with Gasteiger partial charge in [0.1, 0.15) is 11.3 Å². The van der Waals surface area contributed by atoms with Crippen molar-refractivity contribution in [1.82, 2.24) is 0 Å². The molecule has 0 aromatic heterocycles. The van der Waals surface area contributed by atoms with E-state index in [-0.39, 0.29) is 34.3 Å². The van der Waals surface area contributed by atoms with Gasteiger partial charge in [-0.2, -0.15) is 0 Å². The summed E-state index contributed by atoms with van der Waals surface area (Å²) in [6, 6.07) is 0. The monoisotopic (exact) mass is 474 g/mol.